The topological polar surface area (TPSA) is 108 Å². The molecular weight excluding hydrogens is 312 g/mol. The molecule has 1 N–H and O–H groups in total. The Morgan fingerprint density at radius 3 is 2.67 bits per heavy atom. The van der Waals surface area contributed by atoms with Crippen molar-refractivity contribution in [1.82, 2.24) is 24.6 Å². The van der Waals surface area contributed by atoms with Gasteiger partial charge in [0.15, 0.2) is 5.69 Å². The second-order valence-corrected chi connectivity index (χ2v) is 4.98. The third-order valence-corrected chi connectivity index (χ3v) is 3.36. The molecule has 0 saturated heterocycles. The van der Waals surface area contributed by atoms with E-state index < -0.39 is 4.92 Å². The maximum absolute atomic E-state index is 12.1. The number of carbonyl (C=O) groups is 1. The Morgan fingerprint density at radius 2 is 2.00 bits per heavy atom. The van der Waals surface area contributed by atoms with E-state index in [1.165, 1.54) is 16.8 Å². The van der Waals surface area contributed by atoms with Crippen molar-refractivity contribution in [3.8, 4) is 5.69 Å². The minimum absolute atomic E-state index is 0.00312. The van der Waals surface area contributed by atoms with E-state index in [0.717, 1.165) is 0 Å². The van der Waals surface area contributed by atoms with Crippen LogP contribution < -0.4 is 5.32 Å². The smallest absolute Gasteiger partial charge is 0.271 e. The monoisotopic (exact) mass is 326 g/mol. The summed E-state index contributed by atoms with van der Waals surface area (Å²) in [6, 6.07) is 7.52. The third-order valence-electron chi connectivity index (χ3n) is 3.36. The van der Waals surface area contributed by atoms with Gasteiger partial charge in [-0.05, 0) is 18.2 Å². The van der Waals surface area contributed by atoms with E-state index in [2.05, 4.69) is 15.4 Å². The molecule has 3 rings (SSSR count). The number of hydrogen-bond donors (Lipinski definition) is 1. The Balaban J connectivity index is 1.61. The van der Waals surface area contributed by atoms with E-state index in [1.54, 1.807) is 36.9 Å². The van der Waals surface area contributed by atoms with Gasteiger partial charge in [0.25, 0.3) is 11.6 Å². The standard InChI is InChI=1S/C15H14N6O3/c22-15(17-7-10-19-9-6-16-11-19)14-5-8-20(18-14)12-1-3-13(4-2-12)21(23)24/h1-6,8-9,11H,7,10H2,(H,17,22). The van der Waals surface area contributed by atoms with Gasteiger partial charge in [-0.25, -0.2) is 9.67 Å². The molecule has 9 heteroatoms. The predicted molar refractivity (Wildman–Crippen MR) is 84.8 cm³/mol. The van der Waals surface area contributed by atoms with Gasteiger partial charge in [-0.2, -0.15) is 5.10 Å². The second kappa shape index (κ2) is 6.73. The predicted octanol–water partition coefficient (Wildman–Crippen LogP) is 1.41. The third kappa shape index (κ3) is 3.46. The number of aromatic nitrogens is 4. The van der Waals surface area contributed by atoms with Crippen molar-refractivity contribution in [2.75, 3.05) is 6.54 Å². The Morgan fingerprint density at radius 1 is 1.21 bits per heavy atom. The molecule has 0 unspecified atom stereocenters. The number of non-ortho nitro benzene ring substituents is 1. The van der Waals surface area contributed by atoms with Gasteiger partial charge >= 0.3 is 0 Å². The van der Waals surface area contributed by atoms with Crippen LogP contribution in [0.25, 0.3) is 5.69 Å². The van der Waals surface area contributed by atoms with Crippen LogP contribution >= 0.6 is 0 Å². The first-order valence-electron chi connectivity index (χ1n) is 7.18. The summed E-state index contributed by atoms with van der Waals surface area (Å²) in [7, 11) is 0. The lowest BCUT2D eigenvalue weighted by molar-refractivity contribution is -0.384. The van der Waals surface area contributed by atoms with Crippen LogP contribution in [-0.4, -0.2) is 36.7 Å². The van der Waals surface area contributed by atoms with Crippen LogP contribution in [0.4, 0.5) is 5.69 Å². The molecule has 122 valence electrons. The summed E-state index contributed by atoms with van der Waals surface area (Å²) in [6.45, 7) is 1.08. The van der Waals surface area contributed by atoms with Crippen molar-refractivity contribution in [2.45, 2.75) is 6.54 Å². The zero-order chi connectivity index (χ0) is 16.9. The Bertz CT molecular complexity index is 838. The van der Waals surface area contributed by atoms with Crippen molar-refractivity contribution in [3.05, 3.63) is 71.1 Å². The highest BCUT2D eigenvalue weighted by atomic mass is 16.6. The molecule has 0 radical (unpaired) electrons. The minimum Gasteiger partial charge on any atom is -0.349 e. The first-order valence-corrected chi connectivity index (χ1v) is 7.18. The largest absolute Gasteiger partial charge is 0.349 e. The van der Waals surface area contributed by atoms with E-state index >= 15 is 0 Å². The molecular formula is C15H14N6O3. The van der Waals surface area contributed by atoms with Crippen molar-refractivity contribution in [2.24, 2.45) is 0 Å². The summed E-state index contributed by atoms with van der Waals surface area (Å²) in [5.74, 6) is -0.282. The summed E-state index contributed by atoms with van der Waals surface area (Å²) >= 11 is 0. The molecule has 3 aromatic rings. The SMILES string of the molecule is O=C(NCCn1ccnc1)c1ccn(-c2ccc([N+](=O)[O-])cc2)n1. The number of carbonyl (C=O) groups excluding carboxylic acids is 1. The molecule has 2 heterocycles. The van der Waals surface area contributed by atoms with Gasteiger partial charge in [0.05, 0.1) is 16.9 Å². The molecule has 0 spiro atoms. The molecule has 0 fully saturated rings. The minimum atomic E-state index is -0.466. The zero-order valence-electron chi connectivity index (χ0n) is 12.6. The number of imidazole rings is 1. The number of nitrogens with zero attached hydrogens (tertiary/aromatic N) is 5. The summed E-state index contributed by atoms with van der Waals surface area (Å²) in [5, 5.41) is 17.6. The summed E-state index contributed by atoms with van der Waals surface area (Å²) in [6.07, 6.45) is 6.80. The van der Waals surface area contributed by atoms with Crippen molar-refractivity contribution < 1.29 is 9.72 Å². The first kappa shape index (κ1) is 15.4. The van der Waals surface area contributed by atoms with Crippen LogP contribution in [0.2, 0.25) is 0 Å². The average molecular weight is 326 g/mol. The molecule has 24 heavy (non-hydrogen) atoms. The molecule has 0 aliphatic rings. The molecule has 0 saturated carbocycles. The van der Waals surface area contributed by atoms with E-state index in [-0.39, 0.29) is 17.3 Å². The number of benzene rings is 1. The summed E-state index contributed by atoms with van der Waals surface area (Å²) < 4.78 is 3.35. The number of nitro benzene ring substituents is 1. The van der Waals surface area contributed by atoms with E-state index in [1.807, 2.05) is 10.8 Å². The van der Waals surface area contributed by atoms with Gasteiger partial charge in [-0.1, -0.05) is 0 Å². The highest BCUT2D eigenvalue weighted by molar-refractivity contribution is 5.92. The second-order valence-electron chi connectivity index (χ2n) is 4.98. The number of amides is 1. The molecule has 0 bridgehead atoms. The quantitative estimate of drug-likeness (QED) is 0.544. The Labute approximate surface area is 136 Å². The highest BCUT2D eigenvalue weighted by Gasteiger charge is 2.10. The fourth-order valence-corrected chi connectivity index (χ4v) is 2.12. The maximum atomic E-state index is 12.1. The first-order chi connectivity index (χ1) is 11.6. The van der Waals surface area contributed by atoms with Crippen LogP contribution in [-0.2, 0) is 6.54 Å². The van der Waals surface area contributed by atoms with Crippen molar-refractivity contribution >= 4 is 11.6 Å². The molecule has 0 aliphatic heterocycles. The molecule has 1 aromatic carbocycles. The Kier molecular flexibility index (Phi) is 4.32. The Hall–Kier alpha value is -3.49. The summed E-state index contributed by atoms with van der Waals surface area (Å²) in [4.78, 5) is 26.2. The van der Waals surface area contributed by atoms with Crippen LogP contribution in [0, 0.1) is 10.1 Å². The van der Waals surface area contributed by atoms with Gasteiger partial charge in [-0.15, -0.1) is 0 Å². The number of rotatable bonds is 6. The normalized spacial score (nSPS) is 10.5. The molecule has 2 aromatic heterocycles. The van der Waals surface area contributed by atoms with Crippen LogP contribution in [0.5, 0.6) is 0 Å². The molecule has 0 atom stereocenters. The van der Waals surface area contributed by atoms with E-state index in [4.69, 9.17) is 0 Å². The number of nitrogens with one attached hydrogen (secondary N) is 1. The lowest BCUT2D eigenvalue weighted by Gasteiger charge is -2.04. The molecule has 0 aliphatic carbocycles. The van der Waals surface area contributed by atoms with Crippen LogP contribution in [0.1, 0.15) is 10.5 Å². The van der Waals surface area contributed by atoms with E-state index in [0.29, 0.717) is 18.8 Å². The summed E-state index contributed by atoms with van der Waals surface area (Å²) in [5.41, 5.74) is 0.917. The van der Waals surface area contributed by atoms with Crippen molar-refractivity contribution in [3.63, 3.8) is 0 Å². The van der Waals surface area contributed by atoms with Gasteiger partial charge in [0.2, 0.25) is 0 Å². The lowest BCUT2D eigenvalue weighted by Crippen LogP contribution is -2.27. The number of hydrogen-bond acceptors (Lipinski definition) is 5. The average Bonchev–Trinajstić information content (AvgIpc) is 3.26. The zero-order valence-corrected chi connectivity index (χ0v) is 12.6. The van der Waals surface area contributed by atoms with Gasteiger partial charge in [0, 0.05) is 43.8 Å². The highest BCUT2D eigenvalue weighted by Crippen LogP contribution is 2.14. The number of nitro groups is 1. The van der Waals surface area contributed by atoms with Gasteiger partial charge in [0.1, 0.15) is 0 Å². The maximum Gasteiger partial charge on any atom is 0.271 e. The molecule has 9 nitrogen and oxygen atoms in total. The van der Waals surface area contributed by atoms with Gasteiger partial charge < -0.3 is 9.88 Å². The van der Waals surface area contributed by atoms with E-state index in [9.17, 15) is 14.9 Å². The van der Waals surface area contributed by atoms with Crippen molar-refractivity contribution in [1.29, 1.82) is 0 Å². The fourth-order valence-electron chi connectivity index (χ4n) is 2.12. The fraction of sp³-hybridized carbons (Fsp3) is 0.133. The van der Waals surface area contributed by atoms with Crippen LogP contribution in [0.3, 0.4) is 0 Å². The van der Waals surface area contributed by atoms with Crippen LogP contribution in [0.15, 0.2) is 55.2 Å². The molecule has 1 amide bonds. The lowest BCUT2D eigenvalue weighted by atomic mass is 10.3. The van der Waals surface area contributed by atoms with Gasteiger partial charge in [-0.3, -0.25) is 14.9 Å².